The van der Waals surface area contributed by atoms with E-state index in [4.69, 9.17) is 0 Å². The van der Waals surface area contributed by atoms with Crippen LogP contribution in [0.3, 0.4) is 0 Å². The molecule has 0 aliphatic carbocycles. The van der Waals surface area contributed by atoms with Crippen molar-refractivity contribution in [1.82, 2.24) is 18.3 Å². The van der Waals surface area contributed by atoms with E-state index in [1.54, 1.807) is 0 Å². The number of benzene rings is 11. The molecular weight excluding hydrogens is 863 g/mol. The van der Waals surface area contributed by atoms with Gasteiger partial charge in [-0.15, -0.1) is 0 Å². The summed E-state index contributed by atoms with van der Waals surface area (Å²) in [5.41, 5.74) is 17.1. The van der Waals surface area contributed by atoms with Crippen molar-refractivity contribution >= 4 is 104 Å². The molecule has 0 N–H and O–H groups in total. The number of para-hydroxylation sites is 7. The van der Waals surface area contributed by atoms with E-state index in [2.05, 4.69) is 284 Å². The van der Waals surface area contributed by atoms with Crippen molar-refractivity contribution in [2.45, 2.75) is 0 Å². The molecule has 0 saturated heterocycles. The van der Waals surface area contributed by atoms with Crippen molar-refractivity contribution in [3.8, 4) is 22.7 Å². The van der Waals surface area contributed by atoms with E-state index < -0.39 is 0 Å². The Labute approximate surface area is 409 Å². The maximum absolute atomic E-state index is 2.44. The fourth-order valence-electron chi connectivity index (χ4n) is 11.7. The number of fused-ring (bicyclic) bond motifs is 12. The van der Waals surface area contributed by atoms with Gasteiger partial charge < -0.3 is 23.2 Å². The molecule has 0 aliphatic rings. The lowest BCUT2D eigenvalue weighted by atomic mass is 10.1. The Morgan fingerprint density at radius 3 is 0.845 bits per heavy atom. The molecule has 5 heteroatoms. The first-order valence-electron chi connectivity index (χ1n) is 24.3. The number of rotatable bonds is 7. The number of nitrogens with zero attached hydrogens (tertiary/aromatic N) is 5. The lowest BCUT2D eigenvalue weighted by Gasteiger charge is -2.26. The number of hydrogen-bond donors (Lipinski definition) is 0. The average Bonchev–Trinajstić information content (AvgIpc) is 4.16. The van der Waals surface area contributed by atoms with Crippen molar-refractivity contribution in [2.75, 3.05) is 4.90 Å². The van der Waals surface area contributed by atoms with Crippen LogP contribution in [0.2, 0.25) is 0 Å². The predicted molar refractivity (Wildman–Crippen MR) is 298 cm³/mol. The molecule has 4 aromatic heterocycles. The molecule has 15 rings (SSSR count). The minimum absolute atomic E-state index is 1.07. The second-order valence-corrected chi connectivity index (χ2v) is 18.6. The van der Waals surface area contributed by atoms with Gasteiger partial charge in [-0.05, 0) is 109 Å². The number of anilines is 3. The van der Waals surface area contributed by atoms with E-state index in [9.17, 15) is 0 Å². The maximum Gasteiger partial charge on any atom is 0.0561 e. The molecule has 0 bridgehead atoms. The van der Waals surface area contributed by atoms with Crippen LogP contribution in [0.25, 0.3) is 110 Å². The smallest absolute Gasteiger partial charge is 0.0561 e. The van der Waals surface area contributed by atoms with Crippen LogP contribution in [-0.2, 0) is 0 Å². The molecule has 332 valence electrons. The normalized spacial score (nSPS) is 11.9. The van der Waals surface area contributed by atoms with Crippen LogP contribution in [0.15, 0.2) is 261 Å². The van der Waals surface area contributed by atoms with Gasteiger partial charge in [-0.3, -0.25) is 0 Å². The van der Waals surface area contributed by atoms with Crippen LogP contribution in [-0.4, -0.2) is 18.3 Å². The summed E-state index contributed by atoms with van der Waals surface area (Å²) in [6, 6.07) is 95.3. The second-order valence-electron chi connectivity index (χ2n) is 18.6. The molecule has 4 heterocycles. The second kappa shape index (κ2) is 15.5. The van der Waals surface area contributed by atoms with Gasteiger partial charge in [-0.25, -0.2) is 0 Å². The fourth-order valence-corrected chi connectivity index (χ4v) is 11.7. The first kappa shape index (κ1) is 39.4. The average molecular weight is 906 g/mol. The maximum atomic E-state index is 2.44. The van der Waals surface area contributed by atoms with Gasteiger partial charge in [-0.2, -0.15) is 0 Å². The highest BCUT2D eigenvalue weighted by molar-refractivity contribution is 6.15. The highest BCUT2D eigenvalue weighted by atomic mass is 15.1. The third-order valence-corrected chi connectivity index (χ3v) is 14.7. The van der Waals surface area contributed by atoms with E-state index in [0.29, 0.717) is 0 Å². The predicted octanol–water partition coefficient (Wildman–Crippen LogP) is 17.5. The van der Waals surface area contributed by atoms with Crippen LogP contribution < -0.4 is 4.90 Å². The molecule has 0 spiro atoms. The molecule has 0 radical (unpaired) electrons. The summed E-state index contributed by atoms with van der Waals surface area (Å²) in [5, 5.41) is 9.84. The molecule has 0 atom stereocenters. The fraction of sp³-hybridized carbons (Fsp3) is 0. The summed E-state index contributed by atoms with van der Waals surface area (Å²) in [4.78, 5) is 2.41. The van der Waals surface area contributed by atoms with Crippen LogP contribution in [0.1, 0.15) is 0 Å². The van der Waals surface area contributed by atoms with Gasteiger partial charge in [-0.1, -0.05) is 152 Å². The quantitative estimate of drug-likeness (QED) is 0.156. The Bertz CT molecular complexity index is 4190. The molecule has 0 unspecified atom stereocenters. The Morgan fingerprint density at radius 2 is 0.465 bits per heavy atom. The van der Waals surface area contributed by atoms with Crippen molar-refractivity contribution in [2.24, 2.45) is 0 Å². The zero-order valence-corrected chi connectivity index (χ0v) is 38.6. The van der Waals surface area contributed by atoms with Crippen LogP contribution in [0, 0.1) is 0 Å². The molecule has 0 saturated carbocycles. The van der Waals surface area contributed by atoms with Crippen LogP contribution in [0.5, 0.6) is 0 Å². The lowest BCUT2D eigenvalue weighted by Crippen LogP contribution is -2.10. The van der Waals surface area contributed by atoms with E-state index in [1.165, 1.54) is 65.2 Å². The summed E-state index contributed by atoms with van der Waals surface area (Å²) in [5.74, 6) is 0. The Balaban J connectivity index is 0.948. The van der Waals surface area contributed by atoms with Gasteiger partial charge in [0.15, 0.2) is 0 Å². The molecular formula is C66H43N5. The van der Waals surface area contributed by atoms with Crippen molar-refractivity contribution in [1.29, 1.82) is 0 Å². The Hall–Kier alpha value is -9.58. The lowest BCUT2D eigenvalue weighted by molar-refractivity contribution is 1.15. The van der Waals surface area contributed by atoms with Gasteiger partial charge >= 0.3 is 0 Å². The number of aromatic nitrogens is 4. The van der Waals surface area contributed by atoms with Crippen molar-refractivity contribution in [3.05, 3.63) is 261 Å². The molecule has 15 aromatic rings. The van der Waals surface area contributed by atoms with E-state index in [0.717, 1.165) is 61.9 Å². The molecule has 5 nitrogen and oxygen atoms in total. The van der Waals surface area contributed by atoms with Gasteiger partial charge in [0.05, 0.1) is 44.1 Å². The molecule has 0 amide bonds. The molecule has 11 aromatic carbocycles. The highest BCUT2D eigenvalue weighted by Crippen LogP contribution is 2.44. The molecule has 0 fully saturated rings. The summed E-state index contributed by atoms with van der Waals surface area (Å²) in [6.07, 6.45) is 0. The van der Waals surface area contributed by atoms with Gasteiger partial charge in [0, 0.05) is 82.9 Å². The van der Waals surface area contributed by atoms with Gasteiger partial charge in [0.1, 0.15) is 0 Å². The third kappa shape index (κ3) is 5.93. The SMILES string of the molecule is c1ccc(N(c2ccc3c4ccc(-n5c6ccccc6c6ccccc65)cc4n(-c4ccccc4)c3c2)c2ccc3c4ccc(-n5c6ccccc6c6ccccc65)cc4n(-c4ccccc4)c3c2)cc1. The van der Waals surface area contributed by atoms with Crippen LogP contribution in [0.4, 0.5) is 17.1 Å². The Morgan fingerprint density at radius 1 is 0.183 bits per heavy atom. The molecule has 0 aliphatic heterocycles. The minimum Gasteiger partial charge on any atom is -0.310 e. The van der Waals surface area contributed by atoms with E-state index >= 15 is 0 Å². The summed E-state index contributed by atoms with van der Waals surface area (Å²) < 4.78 is 9.71. The van der Waals surface area contributed by atoms with Crippen molar-refractivity contribution < 1.29 is 0 Å². The zero-order valence-electron chi connectivity index (χ0n) is 38.6. The van der Waals surface area contributed by atoms with Crippen LogP contribution >= 0.6 is 0 Å². The molecule has 71 heavy (non-hydrogen) atoms. The zero-order chi connectivity index (χ0) is 46.6. The third-order valence-electron chi connectivity index (χ3n) is 14.7. The van der Waals surface area contributed by atoms with E-state index in [-0.39, 0.29) is 0 Å². The summed E-state index contributed by atoms with van der Waals surface area (Å²) in [7, 11) is 0. The Kier molecular flexibility index (Phi) is 8.59. The first-order chi connectivity index (χ1) is 35.2. The van der Waals surface area contributed by atoms with E-state index in [1.807, 2.05) is 0 Å². The summed E-state index contributed by atoms with van der Waals surface area (Å²) >= 11 is 0. The highest BCUT2D eigenvalue weighted by Gasteiger charge is 2.22. The minimum atomic E-state index is 1.07. The standard InChI is InChI=1S/C66H43N5/c1-4-18-44(19-5-1)67(47-32-36-55-57-38-34-49(42-65(57)68(63(55)40-47)45-20-6-2-7-21-45)70-59-28-14-10-24-51(59)52-25-11-15-29-60(52)70)48-33-37-56-58-39-35-50(43-66(58)69(64(56)41-48)46-22-8-3-9-23-46)71-61-30-16-12-26-53(61)54-27-13-17-31-62(54)71/h1-43H. The number of hydrogen-bond acceptors (Lipinski definition) is 1. The monoisotopic (exact) mass is 905 g/mol. The van der Waals surface area contributed by atoms with Crippen molar-refractivity contribution in [3.63, 3.8) is 0 Å². The first-order valence-corrected chi connectivity index (χ1v) is 24.3. The van der Waals surface area contributed by atoms with Gasteiger partial charge in [0.2, 0.25) is 0 Å². The van der Waals surface area contributed by atoms with Gasteiger partial charge in [0.25, 0.3) is 0 Å². The largest absolute Gasteiger partial charge is 0.310 e. The summed E-state index contributed by atoms with van der Waals surface area (Å²) in [6.45, 7) is 0. The topological polar surface area (TPSA) is 23.0 Å².